The Morgan fingerprint density at radius 2 is 1.92 bits per heavy atom. The van der Waals surface area contributed by atoms with E-state index in [1.165, 1.54) is 18.2 Å². The van der Waals surface area contributed by atoms with E-state index in [1.54, 1.807) is 4.90 Å². The minimum atomic E-state index is -0.713. The molecular formula is C15H16Cl2N2O5. The van der Waals surface area contributed by atoms with Crippen molar-refractivity contribution in [2.45, 2.75) is 0 Å². The highest BCUT2D eigenvalue weighted by Gasteiger charge is 2.18. The van der Waals surface area contributed by atoms with Gasteiger partial charge in [0, 0.05) is 18.1 Å². The largest absolute Gasteiger partial charge is 0.454 e. The molecule has 0 unspecified atom stereocenters. The van der Waals surface area contributed by atoms with Gasteiger partial charge in [-0.1, -0.05) is 23.2 Å². The van der Waals surface area contributed by atoms with Crippen molar-refractivity contribution in [3.8, 4) is 0 Å². The highest BCUT2D eigenvalue weighted by atomic mass is 35.5. The molecule has 0 aliphatic carbocycles. The molecule has 1 aromatic rings. The van der Waals surface area contributed by atoms with E-state index in [1.807, 2.05) is 0 Å². The second-order valence-corrected chi connectivity index (χ2v) is 5.80. The van der Waals surface area contributed by atoms with Gasteiger partial charge in [-0.15, -0.1) is 0 Å². The van der Waals surface area contributed by atoms with Crippen molar-refractivity contribution < 1.29 is 23.9 Å². The van der Waals surface area contributed by atoms with E-state index in [4.69, 9.17) is 32.7 Å². The highest BCUT2D eigenvalue weighted by molar-refractivity contribution is 6.36. The second-order valence-electron chi connectivity index (χ2n) is 4.96. The summed E-state index contributed by atoms with van der Waals surface area (Å²) in [5.74, 6) is -1.54. The summed E-state index contributed by atoms with van der Waals surface area (Å²) in [4.78, 5) is 36.9. The number of nitrogens with zero attached hydrogens (tertiary/aromatic N) is 1. The van der Waals surface area contributed by atoms with Crippen LogP contribution >= 0.6 is 23.2 Å². The van der Waals surface area contributed by atoms with E-state index in [0.29, 0.717) is 31.3 Å². The number of hydrogen-bond donors (Lipinski definition) is 1. The lowest BCUT2D eigenvalue weighted by Crippen LogP contribution is -2.43. The fraction of sp³-hybridized carbons (Fsp3) is 0.400. The van der Waals surface area contributed by atoms with E-state index >= 15 is 0 Å². The molecule has 24 heavy (non-hydrogen) atoms. The van der Waals surface area contributed by atoms with Gasteiger partial charge < -0.3 is 19.7 Å². The molecule has 1 saturated heterocycles. The minimum absolute atomic E-state index is 0.177. The first-order valence-corrected chi connectivity index (χ1v) is 7.97. The molecule has 1 aliphatic rings. The summed E-state index contributed by atoms with van der Waals surface area (Å²) >= 11 is 11.7. The van der Waals surface area contributed by atoms with E-state index in [-0.39, 0.29) is 29.6 Å². The molecule has 0 saturated carbocycles. The summed E-state index contributed by atoms with van der Waals surface area (Å²) in [6, 6.07) is 4.40. The molecule has 0 bridgehead atoms. The summed E-state index contributed by atoms with van der Waals surface area (Å²) in [6.45, 7) is 1.16. The Bertz CT molecular complexity index is 632. The van der Waals surface area contributed by atoms with Crippen molar-refractivity contribution in [2.75, 3.05) is 39.5 Å². The van der Waals surface area contributed by atoms with Gasteiger partial charge in [-0.3, -0.25) is 14.4 Å². The number of carbonyl (C=O) groups is 3. The third-order valence-corrected chi connectivity index (χ3v) is 3.84. The van der Waals surface area contributed by atoms with Crippen LogP contribution in [0.5, 0.6) is 0 Å². The molecule has 1 heterocycles. The molecule has 1 fully saturated rings. The molecule has 9 heteroatoms. The summed E-state index contributed by atoms with van der Waals surface area (Å²) in [5, 5.41) is 2.95. The number of morpholine rings is 1. The van der Waals surface area contributed by atoms with Crippen LogP contribution in [0.3, 0.4) is 0 Å². The molecule has 0 atom stereocenters. The number of ether oxygens (including phenoxy) is 2. The fourth-order valence-electron chi connectivity index (χ4n) is 2.02. The smallest absolute Gasteiger partial charge is 0.325 e. The summed E-state index contributed by atoms with van der Waals surface area (Å²) < 4.78 is 9.98. The Kier molecular flexibility index (Phi) is 6.84. The van der Waals surface area contributed by atoms with Gasteiger partial charge in [0.05, 0.1) is 23.8 Å². The fourth-order valence-corrected chi connectivity index (χ4v) is 2.51. The number of amides is 2. The summed E-state index contributed by atoms with van der Waals surface area (Å²) in [7, 11) is 0. The quantitative estimate of drug-likeness (QED) is 0.780. The molecule has 2 amide bonds. The van der Waals surface area contributed by atoms with Crippen LogP contribution in [0.1, 0.15) is 10.4 Å². The number of hydrogen-bond acceptors (Lipinski definition) is 5. The van der Waals surface area contributed by atoms with E-state index in [0.717, 1.165) is 0 Å². The molecule has 7 nitrogen and oxygen atoms in total. The van der Waals surface area contributed by atoms with Crippen LogP contribution in [-0.2, 0) is 19.1 Å². The maximum Gasteiger partial charge on any atom is 0.325 e. The Balaban J connectivity index is 1.74. The van der Waals surface area contributed by atoms with Crippen LogP contribution in [0, 0.1) is 0 Å². The maximum absolute atomic E-state index is 11.9. The molecule has 1 aliphatic heterocycles. The van der Waals surface area contributed by atoms with E-state index < -0.39 is 11.9 Å². The summed E-state index contributed by atoms with van der Waals surface area (Å²) in [6.07, 6.45) is 0. The lowest BCUT2D eigenvalue weighted by Gasteiger charge is -2.26. The number of rotatable bonds is 5. The molecule has 130 valence electrons. The lowest BCUT2D eigenvalue weighted by atomic mass is 10.2. The normalized spacial score (nSPS) is 14.2. The summed E-state index contributed by atoms with van der Waals surface area (Å²) in [5.41, 5.74) is 0.193. The monoisotopic (exact) mass is 374 g/mol. The number of halogens is 2. The average Bonchev–Trinajstić information content (AvgIpc) is 2.58. The minimum Gasteiger partial charge on any atom is -0.454 e. The Labute approximate surface area is 148 Å². The van der Waals surface area contributed by atoms with Crippen molar-refractivity contribution in [1.82, 2.24) is 10.2 Å². The van der Waals surface area contributed by atoms with Crippen molar-refractivity contribution >= 4 is 41.0 Å². The van der Waals surface area contributed by atoms with Crippen LogP contribution in [0.25, 0.3) is 0 Å². The maximum atomic E-state index is 11.9. The van der Waals surface area contributed by atoms with Gasteiger partial charge in [0.2, 0.25) is 0 Å². The Morgan fingerprint density at radius 1 is 1.21 bits per heavy atom. The van der Waals surface area contributed by atoms with Gasteiger partial charge in [0.1, 0.15) is 6.54 Å². The van der Waals surface area contributed by atoms with Crippen molar-refractivity contribution in [2.24, 2.45) is 0 Å². The van der Waals surface area contributed by atoms with Crippen molar-refractivity contribution in [1.29, 1.82) is 0 Å². The van der Waals surface area contributed by atoms with Crippen LogP contribution in [0.2, 0.25) is 10.0 Å². The highest BCUT2D eigenvalue weighted by Crippen LogP contribution is 2.20. The van der Waals surface area contributed by atoms with Crippen LogP contribution < -0.4 is 5.32 Å². The first-order valence-electron chi connectivity index (χ1n) is 7.22. The van der Waals surface area contributed by atoms with Crippen molar-refractivity contribution in [3.05, 3.63) is 33.8 Å². The van der Waals surface area contributed by atoms with Crippen molar-refractivity contribution in [3.63, 3.8) is 0 Å². The molecule has 0 aromatic heterocycles. The number of benzene rings is 1. The molecule has 1 aromatic carbocycles. The SMILES string of the molecule is O=C(CNC(=O)c1ccc(Cl)cc1Cl)OCC(=O)N1CCOCC1. The van der Waals surface area contributed by atoms with Crippen LogP contribution in [-0.4, -0.2) is 62.1 Å². The van der Waals surface area contributed by atoms with Gasteiger partial charge in [-0.05, 0) is 18.2 Å². The van der Waals surface area contributed by atoms with Crippen LogP contribution in [0.4, 0.5) is 0 Å². The zero-order chi connectivity index (χ0) is 17.5. The Morgan fingerprint density at radius 3 is 2.58 bits per heavy atom. The molecule has 0 spiro atoms. The number of carbonyl (C=O) groups excluding carboxylic acids is 3. The van der Waals surface area contributed by atoms with Gasteiger partial charge in [0.15, 0.2) is 6.61 Å². The zero-order valence-electron chi connectivity index (χ0n) is 12.7. The number of nitrogens with one attached hydrogen (secondary N) is 1. The van der Waals surface area contributed by atoms with Crippen LogP contribution in [0.15, 0.2) is 18.2 Å². The van der Waals surface area contributed by atoms with Gasteiger partial charge >= 0.3 is 5.97 Å². The number of esters is 1. The third-order valence-electron chi connectivity index (χ3n) is 3.29. The first kappa shape index (κ1) is 18.5. The van der Waals surface area contributed by atoms with E-state index in [2.05, 4.69) is 5.32 Å². The molecule has 0 radical (unpaired) electrons. The Hall–Kier alpha value is -1.83. The van der Waals surface area contributed by atoms with Gasteiger partial charge in [-0.25, -0.2) is 0 Å². The topological polar surface area (TPSA) is 84.9 Å². The van der Waals surface area contributed by atoms with E-state index in [9.17, 15) is 14.4 Å². The van der Waals surface area contributed by atoms with Gasteiger partial charge in [0.25, 0.3) is 11.8 Å². The average molecular weight is 375 g/mol. The molecular weight excluding hydrogens is 359 g/mol. The standard InChI is InChI=1S/C15H16Cl2N2O5/c16-10-1-2-11(12(17)7-10)15(22)18-8-14(21)24-9-13(20)19-3-5-23-6-4-19/h1-2,7H,3-6,8-9H2,(H,18,22). The molecule has 1 N–H and O–H groups in total. The molecule has 2 rings (SSSR count). The lowest BCUT2D eigenvalue weighted by molar-refractivity contribution is -0.152. The first-order chi connectivity index (χ1) is 11.5. The second kappa shape index (κ2) is 8.86. The predicted octanol–water partition coefficient (Wildman–Crippen LogP) is 1.13. The van der Waals surface area contributed by atoms with Gasteiger partial charge in [-0.2, -0.15) is 0 Å². The zero-order valence-corrected chi connectivity index (χ0v) is 14.2. The third kappa shape index (κ3) is 5.36. The predicted molar refractivity (Wildman–Crippen MR) is 87.2 cm³/mol.